The van der Waals surface area contributed by atoms with E-state index < -0.39 is 0 Å². The van der Waals surface area contributed by atoms with Crippen LogP contribution in [0.2, 0.25) is 0 Å². The molecule has 122 valence electrons. The molecule has 1 spiro atoms. The van der Waals surface area contributed by atoms with Gasteiger partial charge in [0.2, 0.25) is 0 Å². The molecule has 2 aromatic rings. The number of aromatic nitrogens is 2. The van der Waals surface area contributed by atoms with Gasteiger partial charge in [0.1, 0.15) is 11.5 Å². The second-order valence-electron chi connectivity index (χ2n) is 6.47. The highest BCUT2D eigenvalue weighted by atomic mass is 16.5. The summed E-state index contributed by atoms with van der Waals surface area (Å²) in [6.07, 6.45) is 4.56. The summed E-state index contributed by atoms with van der Waals surface area (Å²) in [5, 5.41) is 4.06. The molecular formula is C17H21N3O3. The maximum absolute atomic E-state index is 6.07. The van der Waals surface area contributed by atoms with Gasteiger partial charge in [-0.15, -0.1) is 0 Å². The molecule has 23 heavy (non-hydrogen) atoms. The number of hydrogen-bond acceptors (Lipinski definition) is 6. The molecule has 0 amide bonds. The third kappa shape index (κ3) is 2.96. The molecule has 1 unspecified atom stereocenters. The topological polar surface area (TPSA) is 60.6 Å². The van der Waals surface area contributed by atoms with E-state index in [2.05, 4.69) is 15.0 Å². The Morgan fingerprint density at radius 3 is 3.09 bits per heavy atom. The zero-order valence-electron chi connectivity index (χ0n) is 13.3. The zero-order chi connectivity index (χ0) is 15.7. The van der Waals surface area contributed by atoms with Gasteiger partial charge in [0.25, 0.3) is 0 Å². The molecule has 0 radical (unpaired) electrons. The number of aryl methyl sites for hydroxylation is 1. The van der Waals surface area contributed by atoms with Gasteiger partial charge in [0, 0.05) is 44.4 Å². The molecule has 0 aliphatic carbocycles. The lowest BCUT2D eigenvalue weighted by Gasteiger charge is -2.50. The summed E-state index contributed by atoms with van der Waals surface area (Å²) < 4.78 is 17.1. The van der Waals surface area contributed by atoms with Crippen LogP contribution in [0.4, 0.5) is 0 Å². The lowest BCUT2D eigenvalue weighted by atomic mass is 9.81. The van der Waals surface area contributed by atoms with E-state index in [-0.39, 0.29) is 5.60 Å². The number of pyridine rings is 1. The highest BCUT2D eigenvalue weighted by Gasteiger charge is 2.53. The second kappa shape index (κ2) is 5.94. The number of likely N-dealkylation sites (tertiary alicyclic amines) is 1. The molecule has 2 aromatic heterocycles. The summed E-state index contributed by atoms with van der Waals surface area (Å²) in [5.41, 5.74) is 0.930. The summed E-state index contributed by atoms with van der Waals surface area (Å²) in [7, 11) is 0. The quantitative estimate of drug-likeness (QED) is 0.841. The van der Waals surface area contributed by atoms with E-state index in [0.29, 0.717) is 12.5 Å². The van der Waals surface area contributed by atoms with Crippen LogP contribution >= 0.6 is 0 Å². The van der Waals surface area contributed by atoms with Crippen LogP contribution in [0.25, 0.3) is 0 Å². The molecular weight excluding hydrogens is 294 g/mol. The lowest BCUT2D eigenvalue weighted by molar-refractivity contribution is -0.141. The third-order valence-corrected chi connectivity index (χ3v) is 4.73. The fourth-order valence-electron chi connectivity index (χ4n) is 3.54. The first-order valence-corrected chi connectivity index (χ1v) is 8.05. The van der Waals surface area contributed by atoms with Gasteiger partial charge in [-0.25, -0.2) is 0 Å². The van der Waals surface area contributed by atoms with Crippen LogP contribution in [-0.2, 0) is 11.3 Å². The Kier molecular flexibility index (Phi) is 3.79. The predicted molar refractivity (Wildman–Crippen MR) is 83.0 cm³/mol. The van der Waals surface area contributed by atoms with Crippen molar-refractivity contribution in [1.82, 2.24) is 15.0 Å². The maximum Gasteiger partial charge on any atom is 0.137 e. The molecule has 6 nitrogen and oxygen atoms in total. The number of ether oxygens (including phenoxy) is 2. The Morgan fingerprint density at radius 1 is 1.43 bits per heavy atom. The van der Waals surface area contributed by atoms with Crippen molar-refractivity contribution in [3.63, 3.8) is 0 Å². The van der Waals surface area contributed by atoms with Crippen LogP contribution in [0.5, 0.6) is 5.75 Å². The molecule has 2 aliphatic heterocycles. The van der Waals surface area contributed by atoms with Gasteiger partial charge in [-0.2, -0.15) is 0 Å². The fourth-order valence-corrected chi connectivity index (χ4v) is 3.54. The van der Waals surface area contributed by atoms with Crippen molar-refractivity contribution in [2.45, 2.75) is 25.5 Å². The van der Waals surface area contributed by atoms with Gasteiger partial charge >= 0.3 is 0 Å². The van der Waals surface area contributed by atoms with E-state index in [1.165, 1.54) is 0 Å². The summed E-state index contributed by atoms with van der Waals surface area (Å²) in [6.45, 7) is 6.10. The van der Waals surface area contributed by atoms with Crippen molar-refractivity contribution >= 4 is 0 Å². The van der Waals surface area contributed by atoms with E-state index in [1.54, 1.807) is 12.4 Å². The minimum atomic E-state index is -0.0546. The highest BCUT2D eigenvalue weighted by Crippen LogP contribution is 2.40. The van der Waals surface area contributed by atoms with Gasteiger partial charge in [-0.05, 0) is 25.5 Å². The maximum atomic E-state index is 6.07. The predicted octanol–water partition coefficient (Wildman–Crippen LogP) is 2.05. The Balaban J connectivity index is 1.32. The lowest BCUT2D eigenvalue weighted by Crippen LogP contribution is -2.64. The van der Waals surface area contributed by atoms with Crippen LogP contribution in [0.15, 0.2) is 35.1 Å². The zero-order valence-corrected chi connectivity index (χ0v) is 13.3. The monoisotopic (exact) mass is 315 g/mol. The van der Waals surface area contributed by atoms with Crippen LogP contribution in [-0.4, -0.2) is 46.9 Å². The first-order valence-electron chi connectivity index (χ1n) is 8.05. The largest absolute Gasteiger partial charge is 0.492 e. The summed E-state index contributed by atoms with van der Waals surface area (Å²) in [4.78, 5) is 6.43. The molecule has 0 bridgehead atoms. The van der Waals surface area contributed by atoms with Crippen molar-refractivity contribution in [3.05, 3.63) is 42.0 Å². The SMILES string of the molecule is Cc1cc(CN2CC3(C2)OCCC3COc2cccnc2)no1. The molecule has 1 atom stereocenters. The van der Waals surface area contributed by atoms with Crippen molar-refractivity contribution in [1.29, 1.82) is 0 Å². The Bertz CT molecular complexity index is 652. The van der Waals surface area contributed by atoms with Gasteiger partial charge in [-0.1, -0.05) is 5.16 Å². The molecule has 6 heteroatoms. The molecule has 4 rings (SSSR count). The minimum absolute atomic E-state index is 0.0546. The van der Waals surface area contributed by atoms with Gasteiger partial charge in [0.05, 0.1) is 24.1 Å². The van der Waals surface area contributed by atoms with E-state index in [9.17, 15) is 0 Å². The van der Waals surface area contributed by atoms with Crippen LogP contribution < -0.4 is 4.74 Å². The summed E-state index contributed by atoms with van der Waals surface area (Å²) in [5.74, 6) is 2.11. The van der Waals surface area contributed by atoms with Crippen molar-refractivity contribution in [2.24, 2.45) is 5.92 Å². The first-order chi connectivity index (χ1) is 11.2. The van der Waals surface area contributed by atoms with Crippen molar-refractivity contribution in [3.8, 4) is 5.75 Å². The Hall–Kier alpha value is -1.92. The molecule has 0 saturated carbocycles. The van der Waals surface area contributed by atoms with Gasteiger partial charge in [0.15, 0.2) is 0 Å². The van der Waals surface area contributed by atoms with E-state index in [1.807, 2.05) is 25.1 Å². The summed E-state index contributed by atoms with van der Waals surface area (Å²) >= 11 is 0. The van der Waals surface area contributed by atoms with E-state index in [4.69, 9.17) is 14.0 Å². The Morgan fingerprint density at radius 2 is 2.35 bits per heavy atom. The highest BCUT2D eigenvalue weighted by molar-refractivity contribution is 5.16. The number of hydrogen-bond donors (Lipinski definition) is 0. The van der Waals surface area contributed by atoms with Gasteiger partial charge < -0.3 is 14.0 Å². The molecule has 0 N–H and O–H groups in total. The first kappa shape index (κ1) is 14.7. The normalized spacial score (nSPS) is 23.1. The molecule has 0 aromatic carbocycles. The third-order valence-electron chi connectivity index (χ3n) is 4.73. The number of nitrogens with zero attached hydrogens (tertiary/aromatic N) is 3. The molecule has 2 saturated heterocycles. The van der Waals surface area contributed by atoms with Crippen LogP contribution in [0.1, 0.15) is 17.9 Å². The fraction of sp³-hybridized carbons (Fsp3) is 0.529. The van der Waals surface area contributed by atoms with E-state index >= 15 is 0 Å². The van der Waals surface area contributed by atoms with Crippen molar-refractivity contribution < 1.29 is 14.0 Å². The standard InChI is InChI=1S/C17H21N3O3/c1-13-7-15(19-23-13)9-20-11-17(12-20)14(4-6-22-17)10-21-16-3-2-5-18-8-16/h2-3,5,7-8,14H,4,6,9-12H2,1H3. The molecule has 4 heterocycles. The molecule has 2 aliphatic rings. The minimum Gasteiger partial charge on any atom is -0.492 e. The van der Waals surface area contributed by atoms with Crippen LogP contribution in [0.3, 0.4) is 0 Å². The van der Waals surface area contributed by atoms with Gasteiger partial charge in [-0.3, -0.25) is 9.88 Å². The number of rotatable bonds is 5. The average molecular weight is 315 g/mol. The smallest absolute Gasteiger partial charge is 0.137 e. The Labute approximate surface area is 135 Å². The average Bonchev–Trinajstić information content (AvgIpc) is 3.12. The second-order valence-corrected chi connectivity index (χ2v) is 6.47. The van der Waals surface area contributed by atoms with Crippen molar-refractivity contribution in [2.75, 3.05) is 26.3 Å². The van der Waals surface area contributed by atoms with E-state index in [0.717, 1.165) is 49.9 Å². The summed E-state index contributed by atoms with van der Waals surface area (Å²) in [6, 6.07) is 5.82. The van der Waals surface area contributed by atoms with Crippen LogP contribution in [0, 0.1) is 12.8 Å². The molecule has 2 fully saturated rings.